The Kier molecular flexibility index (Phi) is 11.6. The van der Waals surface area contributed by atoms with Gasteiger partial charge in [0.05, 0.1) is 0 Å². The summed E-state index contributed by atoms with van der Waals surface area (Å²) in [5.74, 6) is -0.302. The molecule has 0 aliphatic heterocycles. The molecule has 0 fully saturated rings. The van der Waals surface area contributed by atoms with Gasteiger partial charge in [0.25, 0.3) is 0 Å². The van der Waals surface area contributed by atoms with Crippen LogP contribution in [0.25, 0.3) is 0 Å². The van der Waals surface area contributed by atoms with Crippen LogP contribution < -0.4 is 0 Å². The minimum Gasteiger partial charge on any atom is -0.481 e. The van der Waals surface area contributed by atoms with Crippen molar-refractivity contribution >= 4 is 11.8 Å². The number of rotatable bonds is 15. The van der Waals surface area contributed by atoms with E-state index in [9.17, 15) is 9.59 Å². The minimum absolute atomic E-state index is 0.147. The van der Waals surface area contributed by atoms with Gasteiger partial charge >= 0.3 is 5.97 Å². The molecule has 0 spiro atoms. The molecule has 3 heteroatoms. The summed E-state index contributed by atoms with van der Waals surface area (Å²) in [5, 5.41) is 8.58. The van der Waals surface area contributed by atoms with Gasteiger partial charge in [-0.15, -0.1) is 0 Å². The fourth-order valence-electron chi connectivity index (χ4n) is 4.13. The van der Waals surface area contributed by atoms with Gasteiger partial charge in [0.1, 0.15) is 0 Å². The molecule has 1 rings (SSSR count). The maximum atomic E-state index is 12.3. The Bertz CT molecular complexity index is 488. The molecular formula is C24H42O3. The first-order valence-corrected chi connectivity index (χ1v) is 11.3. The predicted molar refractivity (Wildman–Crippen MR) is 113 cm³/mol. The van der Waals surface area contributed by atoms with E-state index in [2.05, 4.69) is 13.8 Å². The van der Waals surface area contributed by atoms with E-state index in [-0.39, 0.29) is 5.41 Å². The van der Waals surface area contributed by atoms with Crippen molar-refractivity contribution in [3.63, 3.8) is 0 Å². The van der Waals surface area contributed by atoms with E-state index in [1.54, 1.807) is 0 Å². The Hall–Kier alpha value is -1.12. The maximum absolute atomic E-state index is 12.3. The third-order valence-electron chi connectivity index (χ3n) is 6.16. The number of unbranched alkanes of at least 4 members (excludes halogenated alkanes) is 11. The van der Waals surface area contributed by atoms with Gasteiger partial charge in [-0.1, -0.05) is 83.6 Å². The summed E-state index contributed by atoms with van der Waals surface area (Å²) in [6.45, 7) is 6.19. The molecule has 0 bridgehead atoms. The van der Waals surface area contributed by atoms with Crippen LogP contribution in [0.5, 0.6) is 0 Å². The van der Waals surface area contributed by atoms with Crippen LogP contribution in [-0.2, 0) is 9.59 Å². The lowest BCUT2D eigenvalue weighted by Crippen LogP contribution is -2.29. The van der Waals surface area contributed by atoms with Crippen LogP contribution in [0.4, 0.5) is 0 Å². The second-order valence-electron chi connectivity index (χ2n) is 9.08. The predicted octanol–water partition coefficient (Wildman–Crippen LogP) is 7.24. The zero-order valence-electron chi connectivity index (χ0n) is 18.1. The monoisotopic (exact) mass is 378 g/mol. The van der Waals surface area contributed by atoms with Gasteiger partial charge in [0, 0.05) is 11.8 Å². The van der Waals surface area contributed by atoms with Crippen LogP contribution in [0, 0.1) is 5.41 Å². The first kappa shape index (κ1) is 23.9. The molecule has 0 aromatic heterocycles. The Morgan fingerprint density at radius 1 is 0.852 bits per heavy atom. The second-order valence-corrected chi connectivity index (χ2v) is 9.08. The van der Waals surface area contributed by atoms with Crippen LogP contribution >= 0.6 is 0 Å². The van der Waals surface area contributed by atoms with Crippen LogP contribution in [0.2, 0.25) is 0 Å². The lowest BCUT2D eigenvalue weighted by atomic mass is 9.73. The van der Waals surface area contributed by atoms with Crippen molar-refractivity contribution in [1.29, 1.82) is 0 Å². The highest BCUT2D eigenvalue weighted by Gasteiger charge is 2.33. The first-order chi connectivity index (χ1) is 12.8. The molecule has 0 amide bonds. The number of carboxylic acids is 1. The molecule has 0 saturated heterocycles. The molecule has 0 aromatic carbocycles. The summed E-state index contributed by atoms with van der Waals surface area (Å²) in [7, 11) is 0. The molecule has 0 heterocycles. The van der Waals surface area contributed by atoms with E-state index in [0.717, 1.165) is 37.7 Å². The lowest BCUT2D eigenvalue weighted by molar-refractivity contribution is -0.137. The second kappa shape index (κ2) is 13.1. The van der Waals surface area contributed by atoms with Crippen molar-refractivity contribution < 1.29 is 14.7 Å². The lowest BCUT2D eigenvalue weighted by Gasteiger charge is -2.30. The normalized spacial score (nSPS) is 16.8. The Labute approximate surface area is 167 Å². The van der Waals surface area contributed by atoms with Crippen molar-refractivity contribution in [2.75, 3.05) is 0 Å². The molecule has 0 aromatic rings. The summed E-state index contributed by atoms with van der Waals surface area (Å²) in [5.41, 5.74) is 2.32. The van der Waals surface area contributed by atoms with E-state index in [4.69, 9.17) is 5.11 Å². The molecule has 1 aliphatic carbocycles. The van der Waals surface area contributed by atoms with Gasteiger partial charge in [-0.3, -0.25) is 9.59 Å². The van der Waals surface area contributed by atoms with Crippen molar-refractivity contribution in [2.45, 2.75) is 124 Å². The molecular weight excluding hydrogens is 336 g/mol. The highest BCUT2D eigenvalue weighted by atomic mass is 16.4. The highest BCUT2D eigenvalue weighted by molar-refractivity contribution is 6.00. The summed E-state index contributed by atoms with van der Waals surface area (Å²) in [6.07, 6.45) is 18.4. The third kappa shape index (κ3) is 10.1. The summed E-state index contributed by atoms with van der Waals surface area (Å²) < 4.78 is 0. The van der Waals surface area contributed by atoms with Gasteiger partial charge in [-0.2, -0.15) is 0 Å². The van der Waals surface area contributed by atoms with E-state index in [1.165, 1.54) is 69.8 Å². The topological polar surface area (TPSA) is 54.4 Å². The maximum Gasteiger partial charge on any atom is 0.303 e. The number of ketones is 1. The number of carbonyl (C=O) groups excluding carboxylic acids is 1. The van der Waals surface area contributed by atoms with Crippen LogP contribution in [0.15, 0.2) is 11.1 Å². The highest BCUT2D eigenvalue weighted by Crippen LogP contribution is 2.37. The number of Topliss-reactive ketones (excluding diaryl/α,β-unsaturated/α-hetero) is 1. The number of aliphatic carboxylic acids is 1. The molecule has 27 heavy (non-hydrogen) atoms. The summed E-state index contributed by atoms with van der Waals surface area (Å²) in [4.78, 5) is 22.8. The molecule has 156 valence electrons. The fraction of sp³-hybridized carbons (Fsp3) is 0.833. The SMILES string of the molecule is CC1=C(CCCCCCCCCCCCCCC(=O)O)CCC(C)(C)C1=O. The Morgan fingerprint density at radius 3 is 1.78 bits per heavy atom. The fourth-order valence-corrected chi connectivity index (χ4v) is 4.13. The molecule has 0 atom stereocenters. The molecule has 1 N–H and O–H groups in total. The molecule has 3 nitrogen and oxygen atoms in total. The van der Waals surface area contributed by atoms with Gasteiger partial charge in [0.2, 0.25) is 0 Å². The number of carbonyl (C=O) groups is 2. The van der Waals surface area contributed by atoms with Gasteiger partial charge in [-0.25, -0.2) is 0 Å². The van der Waals surface area contributed by atoms with E-state index >= 15 is 0 Å². The van der Waals surface area contributed by atoms with E-state index in [0.29, 0.717) is 12.2 Å². The van der Waals surface area contributed by atoms with Crippen LogP contribution in [0.3, 0.4) is 0 Å². The standard InChI is InChI=1S/C24H42O3/c1-20-21(18-19-24(2,3)23(20)27)16-14-12-10-8-6-4-5-7-9-11-13-15-17-22(25)26/h4-19H2,1-3H3,(H,25,26). The third-order valence-corrected chi connectivity index (χ3v) is 6.16. The molecule has 0 unspecified atom stereocenters. The van der Waals surface area contributed by atoms with Crippen molar-refractivity contribution in [2.24, 2.45) is 5.41 Å². The number of carboxylic acid groups (broad SMARTS) is 1. The first-order valence-electron chi connectivity index (χ1n) is 11.3. The molecule has 0 saturated carbocycles. The zero-order chi connectivity index (χ0) is 20.1. The number of hydrogen-bond acceptors (Lipinski definition) is 2. The van der Waals surface area contributed by atoms with Crippen molar-refractivity contribution in [3.05, 3.63) is 11.1 Å². The van der Waals surface area contributed by atoms with Gasteiger partial charge in [-0.05, 0) is 44.6 Å². The Balaban J connectivity index is 1.92. The summed E-state index contributed by atoms with van der Waals surface area (Å²) in [6, 6.07) is 0. The average molecular weight is 379 g/mol. The van der Waals surface area contributed by atoms with Crippen molar-refractivity contribution in [3.8, 4) is 0 Å². The van der Waals surface area contributed by atoms with Gasteiger partial charge in [0.15, 0.2) is 5.78 Å². The minimum atomic E-state index is -0.668. The van der Waals surface area contributed by atoms with E-state index in [1.807, 2.05) is 6.92 Å². The van der Waals surface area contributed by atoms with Crippen LogP contribution in [0.1, 0.15) is 124 Å². The van der Waals surface area contributed by atoms with Crippen LogP contribution in [-0.4, -0.2) is 16.9 Å². The quantitative estimate of drug-likeness (QED) is 0.306. The van der Waals surface area contributed by atoms with E-state index < -0.39 is 5.97 Å². The average Bonchev–Trinajstić information content (AvgIpc) is 2.61. The number of hydrogen-bond donors (Lipinski definition) is 1. The Morgan fingerprint density at radius 2 is 1.30 bits per heavy atom. The van der Waals surface area contributed by atoms with Crippen molar-refractivity contribution in [1.82, 2.24) is 0 Å². The largest absolute Gasteiger partial charge is 0.481 e. The number of allylic oxidation sites excluding steroid dienone is 2. The molecule has 1 aliphatic rings. The molecule has 0 radical (unpaired) electrons. The summed E-state index contributed by atoms with van der Waals surface area (Å²) >= 11 is 0. The van der Waals surface area contributed by atoms with Gasteiger partial charge < -0.3 is 5.11 Å². The zero-order valence-corrected chi connectivity index (χ0v) is 18.1. The smallest absolute Gasteiger partial charge is 0.303 e.